The average Bonchev–Trinajstić information content (AvgIpc) is 3.22. The molecular weight excluding hydrogens is 250 g/mol. The lowest BCUT2D eigenvalue weighted by Crippen LogP contribution is -2.44. The van der Waals surface area contributed by atoms with E-state index in [4.69, 9.17) is 5.73 Å². The number of hydrogen-bond donors (Lipinski definition) is 1. The van der Waals surface area contributed by atoms with Crippen molar-refractivity contribution in [3.8, 4) is 0 Å². The molecule has 1 saturated carbocycles. The quantitative estimate of drug-likeness (QED) is 0.917. The van der Waals surface area contributed by atoms with Gasteiger partial charge < -0.3 is 15.2 Å². The van der Waals surface area contributed by atoms with Crippen LogP contribution in [0.5, 0.6) is 0 Å². The van der Waals surface area contributed by atoms with Crippen LogP contribution >= 0.6 is 0 Å². The van der Waals surface area contributed by atoms with E-state index in [9.17, 15) is 4.79 Å². The van der Waals surface area contributed by atoms with Crippen molar-refractivity contribution in [1.29, 1.82) is 0 Å². The molecule has 1 aromatic rings. The molecule has 1 unspecified atom stereocenters. The number of piperidine rings is 1. The molecule has 1 aliphatic heterocycles. The van der Waals surface area contributed by atoms with Crippen LogP contribution in [-0.2, 0) is 0 Å². The number of nitrogens with zero attached hydrogens (tertiary/aromatic N) is 2. The Morgan fingerprint density at radius 1 is 1.35 bits per heavy atom. The number of amides is 1. The summed E-state index contributed by atoms with van der Waals surface area (Å²) >= 11 is 0. The third-order valence-electron chi connectivity index (χ3n) is 4.54. The molecule has 0 aromatic carbocycles. The molecule has 2 N–H and O–H groups in total. The second-order valence-electron chi connectivity index (χ2n) is 6.23. The summed E-state index contributed by atoms with van der Waals surface area (Å²) in [5, 5.41) is 0. The van der Waals surface area contributed by atoms with Gasteiger partial charge in [-0.15, -0.1) is 0 Å². The third-order valence-corrected chi connectivity index (χ3v) is 4.54. The van der Waals surface area contributed by atoms with Crippen LogP contribution < -0.4 is 5.73 Å². The maximum Gasteiger partial charge on any atom is 0.270 e. The Morgan fingerprint density at radius 3 is 2.85 bits per heavy atom. The van der Waals surface area contributed by atoms with Gasteiger partial charge in [0.1, 0.15) is 5.69 Å². The fourth-order valence-corrected chi connectivity index (χ4v) is 3.38. The first-order valence-electron chi connectivity index (χ1n) is 7.99. The van der Waals surface area contributed by atoms with E-state index in [1.54, 1.807) is 0 Å². The van der Waals surface area contributed by atoms with E-state index < -0.39 is 0 Å². The Kier molecular flexibility index (Phi) is 3.72. The molecule has 2 heterocycles. The normalized spacial score (nSPS) is 23.1. The molecule has 1 aromatic heterocycles. The van der Waals surface area contributed by atoms with Gasteiger partial charge in [0, 0.05) is 24.8 Å². The van der Waals surface area contributed by atoms with Crippen LogP contribution in [0.25, 0.3) is 0 Å². The summed E-state index contributed by atoms with van der Waals surface area (Å²) in [4.78, 5) is 15.0. The highest BCUT2D eigenvalue weighted by atomic mass is 16.2. The van der Waals surface area contributed by atoms with Crippen LogP contribution in [0.4, 0.5) is 5.69 Å². The summed E-state index contributed by atoms with van der Waals surface area (Å²) in [7, 11) is 0. The zero-order valence-corrected chi connectivity index (χ0v) is 12.3. The van der Waals surface area contributed by atoms with Crippen molar-refractivity contribution < 1.29 is 4.79 Å². The SMILES string of the molecule is CCCC1CCCCN1C(=O)c1cc(N)cn1C1CC1. The molecule has 0 bridgehead atoms. The van der Waals surface area contributed by atoms with Crippen LogP contribution in [0.15, 0.2) is 12.3 Å². The van der Waals surface area contributed by atoms with Crippen LogP contribution in [0.2, 0.25) is 0 Å². The van der Waals surface area contributed by atoms with E-state index in [1.807, 2.05) is 12.3 Å². The van der Waals surface area contributed by atoms with Crippen LogP contribution in [0.3, 0.4) is 0 Å². The first kappa shape index (κ1) is 13.5. The molecule has 1 saturated heterocycles. The molecule has 3 rings (SSSR count). The number of anilines is 1. The number of carbonyl (C=O) groups is 1. The lowest BCUT2D eigenvalue weighted by atomic mass is 9.98. The number of rotatable bonds is 4. The van der Waals surface area contributed by atoms with Crippen molar-refractivity contribution in [3.05, 3.63) is 18.0 Å². The summed E-state index contributed by atoms with van der Waals surface area (Å²) in [6.45, 7) is 3.10. The van der Waals surface area contributed by atoms with Gasteiger partial charge in [-0.1, -0.05) is 13.3 Å². The molecule has 2 fully saturated rings. The van der Waals surface area contributed by atoms with E-state index >= 15 is 0 Å². The first-order valence-corrected chi connectivity index (χ1v) is 7.99. The molecule has 1 amide bonds. The fraction of sp³-hybridized carbons (Fsp3) is 0.688. The van der Waals surface area contributed by atoms with Gasteiger partial charge in [-0.05, 0) is 44.6 Å². The van der Waals surface area contributed by atoms with Gasteiger partial charge in [0.05, 0.1) is 5.69 Å². The van der Waals surface area contributed by atoms with E-state index in [-0.39, 0.29) is 5.91 Å². The van der Waals surface area contributed by atoms with Gasteiger partial charge in [-0.25, -0.2) is 0 Å². The fourth-order valence-electron chi connectivity index (χ4n) is 3.38. The van der Waals surface area contributed by atoms with Crippen molar-refractivity contribution in [2.45, 2.75) is 64.0 Å². The zero-order valence-electron chi connectivity index (χ0n) is 12.3. The Morgan fingerprint density at radius 2 is 2.15 bits per heavy atom. The molecule has 0 spiro atoms. The average molecular weight is 275 g/mol. The summed E-state index contributed by atoms with van der Waals surface area (Å²) in [5.74, 6) is 0.187. The Bertz CT molecular complexity index is 488. The van der Waals surface area contributed by atoms with Crippen molar-refractivity contribution in [2.24, 2.45) is 0 Å². The minimum Gasteiger partial charge on any atom is -0.397 e. The molecule has 110 valence electrons. The van der Waals surface area contributed by atoms with Crippen LogP contribution in [-0.4, -0.2) is 28.0 Å². The smallest absolute Gasteiger partial charge is 0.270 e. The third kappa shape index (κ3) is 2.56. The number of aromatic nitrogens is 1. The van der Waals surface area contributed by atoms with Gasteiger partial charge in [0.15, 0.2) is 0 Å². The highest BCUT2D eigenvalue weighted by Crippen LogP contribution is 2.37. The highest BCUT2D eigenvalue weighted by molar-refractivity contribution is 5.94. The van der Waals surface area contributed by atoms with E-state index in [0.29, 0.717) is 17.8 Å². The van der Waals surface area contributed by atoms with E-state index in [0.717, 1.165) is 37.9 Å². The summed E-state index contributed by atoms with van der Waals surface area (Å²) in [6.07, 6.45) is 10.1. The van der Waals surface area contributed by atoms with Crippen LogP contribution in [0.1, 0.15) is 68.4 Å². The largest absolute Gasteiger partial charge is 0.397 e. The van der Waals surface area contributed by atoms with Crippen molar-refractivity contribution >= 4 is 11.6 Å². The monoisotopic (exact) mass is 275 g/mol. The molecule has 1 aliphatic carbocycles. The van der Waals surface area contributed by atoms with Gasteiger partial charge in [-0.3, -0.25) is 4.79 Å². The lowest BCUT2D eigenvalue weighted by Gasteiger charge is -2.36. The predicted octanol–water partition coefficient (Wildman–Crippen LogP) is 3.20. The number of carbonyl (C=O) groups excluding carboxylic acids is 1. The number of nitrogens with two attached hydrogens (primary N) is 1. The number of likely N-dealkylation sites (tertiary alicyclic amines) is 1. The minimum absolute atomic E-state index is 0.187. The standard InChI is InChI=1S/C16H25N3O/c1-2-5-13-6-3-4-9-18(13)16(20)15-10-12(17)11-19(15)14-7-8-14/h10-11,13-14H,2-9,17H2,1H3. The second kappa shape index (κ2) is 5.51. The maximum absolute atomic E-state index is 12.9. The minimum atomic E-state index is 0.187. The van der Waals surface area contributed by atoms with Crippen LogP contribution in [0, 0.1) is 0 Å². The maximum atomic E-state index is 12.9. The molecule has 1 atom stereocenters. The van der Waals surface area contributed by atoms with Gasteiger partial charge in [-0.2, -0.15) is 0 Å². The van der Waals surface area contributed by atoms with E-state index in [2.05, 4.69) is 16.4 Å². The summed E-state index contributed by atoms with van der Waals surface area (Å²) < 4.78 is 2.11. The topological polar surface area (TPSA) is 51.3 Å². The Balaban J connectivity index is 1.83. The zero-order chi connectivity index (χ0) is 14.1. The van der Waals surface area contributed by atoms with Gasteiger partial charge in [0.25, 0.3) is 5.91 Å². The predicted molar refractivity (Wildman–Crippen MR) is 80.7 cm³/mol. The highest BCUT2D eigenvalue weighted by Gasteiger charge is 2.32. The molecule has 4 heteroatoms. The molecule has 20 heavy (non-hydrogen) atoms. The Labute approximate surface area is 120 Å². The van der Waals surface area contributed by atoms with Gasteiger partial charge in [0.2, 0.25) is 0 Å². The van der Waals surface area contributed by atoms with Crippen molar-refractivity contribution in [2.75, 3.05) is 12.3 Å². The first-order chi connectivity index (χ1) is 9.70. The Hall–Kier alpha value is -1.45. The molecule has 4 nitrogen and oxygen atoms in total. The summed E-state index contributed by atoms with van der Waals surface area (Å²) in [5.41, 5.74) is 7.43. The molecule has 2 aliphatic rings. The lowest BCUT2D eigenvalue weighted by molar-refractivity contribution is 0.0589. The summed E-state index contributed by atoms with van der Waals surface area (Å²) in [6, 6.07) is 2.78. The number of hydrogen-bond acceptors (Lipinski definition) is 2. The second-order valence-corrected chi connectivity index (χ2v) is 6.23. The van der Waals surface area contributed by atoms with Crippen molar-refractivity contribution in [1.82, 2.24) is 9.47 Å². The number of nitrogen functional groups attached to an aromatic ring is 1. The van der Waals surface area contributed by atoms with Gasteiger partial charge >= 0.3 is 0 Å². The van der Waals surface area contributed by atoms with E-state index in [1.165, 1.54) is 19.3 Å². The molecule has 0 radical (unpaired) electrons. The molecular formula is C16H25N3O. The van der Waals surface area contributed by atoms with Crippen molar-refractivity contribution in [3.63, 3.8) is 0 Å².